The second kappa shape index (κ2) is 9.17. The summed E-state index contributed by atoms with van der Waals surface area (Å²) in [5, 5.41) is 2.01. The van der Waals surface area contributed by atoms with Gasteiger partial charge in [-0.15, -0.1) is 0 Å². The number of hydrogen-bond donors (Lipinski definition) is 0. The first-order valence-corrected chi connectivity index (χ1v) is 11.6. The van der Waals surface area contributed by atoms with Gasteiger partial charge in [0, 0.05) is 16.5 Å². The molecule has 0 radical (unpaired) electrons. The molecule has 0 aliphatic carbocycles. The molecule has 4 aromatic rings. The van der Waals surface area contributed by atoms with Gasteiger partial charge in [-0.2, -0.15) is 0 Å². The summed E-state index contributed by atoms with van der Waals surface area (Å²) in [7, 11) is 0. The van der Waals surface area contributed by atoms with Crippen LogP contribution in [0.2, 0.25) is 0 Å². The molecule has 1 aliphatic rings. The first-order chi connectivity index (χ1) is 16.1. The summed E-state index contributed by atoms with van der Waals surface area (Å²) >= 11 is 6.83. The number of carbonyl (C=O) groups is 1. The summed E-state index contributed by atoms with van der Waals surface area (Å²) in [4.78, 5) is 15.4. The predicted octanol–water partition coefficient (Wildman–Crippen LogP) is 6.96. The smallest absolute Gasteiger partial charge is 0.270 e. The summed E-state index contributed by atoms with van der Waals surface area (Å²) in [6.07, 6.45) is 1.78. The number of ether oxygens (including phenoxy) is 1. The normalized spacial score (nSPS) is 14.9. The van der Waals surface area contributed by atoms with E-state index in [4.69, 9.17) is 17.0 Å². The molecule has 1 fully saturated rings. The van der Waals surface area contributed by atoms with Crippen molar-refractivity contribution >= 4 is 56.7 Å². The third kappa shape index (κ3) is 4.27. The van der Waals surface area contributed by atoms with Crippen molar-refractivity contribution in [3.8, 4) is 5.75 Å². The number of amides is 1. The second-order valence-electron chi connectivity index (χ2n) is 7.43. The van der Waals surface area contributed by atoms with Gasteiger partial charge in [-0.25, -0.2) is 4.39 Å². The third-order valence-corrected chi connectivity index (χ3v) is 6.65. The van der Waals surface area contributed by atoms with E-state index in [0.29, 0.717) is 20.5 Å². The molecule has 1 saturated heterocycles. The molecule has 0 unspecified atom stereocenters. The van der Waals surface area contributed by atoms with E-state index in [0.717, 1.165) is 22.0 Å². The van der Waals surface area contributed by atoms with Gasteiger partial charge < -0.3 is 4.74 Å². The van der Waals surface area contributed by atoms with Crippen molar-refractivity contribution in [2.24, 2.45) is 0 Å². The Kier molecular flexibility index (Phi) is 5.94. The van der Waals surface area contributed by atoms with Gasteiger partial charge in [0.2, 0.25) is 0 Å². The Balaban J connectivity index is 1.44. The van der Waals surface area contributed by atoms with Crippen molar-refractivity contribution in [2.75, 3.05) is 4.90 Å². The predicted molar refractivity (Wildman–Crippen MR) is 137 cm³/mol. The minimum Gasteiger partial charge on any atom is -0.488 e. The fourth-order valence-corrected chi connectivity index (χ4v) is 5.00. The highest BCUT2D eigenvalue weighted by Gasteiger charge is 2.34. The van der Waals surface area contributed by atoms with Crippen molar-refractivity contribution in [3.63, 3.8) is 0 Å². The van der Waals surface area contributed by atoms with E-state index in [1.165, 1.54) is 17.8 Å². The van der Waals surface area contributed by atoms with Crippen molar-refractivity contribution < 1.29 is 13.9 Å². The molecule has 0 N–H and O–H groups in total. The maximum atomic E-state index is 14.0. The molecule has 0 aromatic heterocycles. The summed E-state index contributed by atoms with van der Waals surface area (Å²) in [5.41, 5.74) is 1.96. The SMILES string of the molecule is O=C1/C(=C/c2ccccc2OCc2ccccc2F)SC(=S)N1c1cccc2ccccc12. The Morgan fingerprint density at radius 1 is 0.909 bits per heavy atom. The standard InChI is InChI=1S/C27H18FNO2S2/c28-22-13-5-2-10-20(22)17-31-24-15-6-3-9-19(24)16-25-26(30)29(27(32)33-25)23-14-7-11-18-8-1-4-12-21(18)23/h1-16H,17H2/b25-16-. The largest absolute Gasteiger partial charge is 0.488 e. The molecule has 5 rings (SSSR count). The fourth-order valence-electron chi connectivity index (χ4n) is 3.72. The first-order valence-electron chi connectivity index (χ1n) is 10.3. The molecule has 0 saturated carbocycles. The van der Waals surface area contributed by atoms with Crippen molar-refractivity contribution in [1.82, 2.24) is 0 Å². The van der Waals surface area contributed by atoms with Crippen LogP contribution in [0.25, 0.3) is 16.8 Å². The van der Waals surface area contributed by atoms with Crippen LogP contribution in [-0.4, -0.2) is 10.2 Å². The lowest BCUT2D eigenvalue weighted by molar-refractivity contribution is -0.113. The molecule has 33 heavy (non-hydrogen) atoms. The van der Waals surface area contributed by atoms with Crippen LogP contribution < -0.4 is 9.64 Å². The van der Waals surface area contributed by atoms with Gasteiger partial charge in [-0.3, -0.25) is 9.69 Å². The summed E-state index contributed by atoms with van der Waals surface area (Å²) in [6, 6.07) is 27.6. The number of benzene rings is 4. The Bertz CT molecular complexity index is 1410. The van der Waals surface area contributed by atoms with Crippen molar-refractivity contribution in [2.45, 2.75) is 6.61 Å². The van der Waals surface area contributed by atoms with Crippen LogP contribution in [0.1, 0.15) is 11.1 Å². The summed E-state index contributed by atoms with van der Waals surface area (Å²) < 4.78 is 20.3. The number of thioether (sulfide) groups is 1. The van der Waals surface area contributed by atoms with Gasteiger partial charge in [-0.1, -0.05) is 96.8 Å². The van der Waals surface area contributed by atoms with Gasteiger partial charge >= 0.3 is 0 Å². The molecule has 0 atom stereocenters. The second-order valence-corrected chi connectivity index (χ2v) is 9.11. The topological polar surface area (TPSA) is 29.5 Å². The van der Waals surface area contributed by atoms with Crippen LogP contribution in [0.3, 0.4) is 0 Å². The number of hydrogen-bond acceptors (Lipinski definition) is 4. The highest BCUT2D eigenvalue weighted by Crippen LogP contribution is 2.39. The van der Waals surface area contributed by atoms with Crippen LogP contribution in [0.15, 0.2) is 95.9 Å². The Morgan fingerprint density at radius 3 is 2.52 bits per heavy atom. The first kappa shape index (κ1) is 21.4. The summed E-state index contributed by atoms with van der Waals surface area (Å²) in [5.74, 6) is 0.0763. The van der Waals surface area contributed by atoms with E-state index in [1.54, 1.807) is 35.2 Å². The number of halogens is 1. The summed E-state index contributed by atoms with van der Waals surface area (Å²) in [6.45, 7) is 0.0918. The highest BCUT2D eigenvalue weighted by molar-refractivity contribution is 8.27. The number of anilines is 1. The number of carbonyl (C=O) groups excluding carboxylic acids is 1. The lowest BCUT2D eigenvalue weighted by atomic mass is 10.1. The van der Waals surface area contributed by atoms with Crippen LogP contribution in [0.4, 0.5) is 10.1 Å². The van der Waals surface area contributed by atoms with Crippen molar-refractivity contribution in [1.29, 1.82) is 0 Å². The number of para-hydroxylation sites is 1. The van der Waals surface area contributed by atoms with Crippen LogP contribution >= 0.6 is 24.0 Å². The van der Waals surface area contributed by atoms with E-state index in [9.17, 15) is 9.18 Å². The maximum Gasteiger partial charge on any atom is 0.270 e. The average molecular weight is 472 g/mol. The van der Waals surface area contributed by atoms with Crippen LogP contribution in [0, 0.1) is 5.82 Å². The number of thiocarbonyl (C=S) groups is 1. The molecular weight excluding hydrogens is 453 g/mol. The average Bonchev–Trinajstić information content (AvgIpc) is 3.11. The Morgan fingerprint density at radius 2 is 1.64 bits per heavy atom. The molecule has 1 heterocycles. The van der Waals surface area contributed by atoms with Gasteiger partial charge in [0.1, 0.15) is 18.2 Å². The van der Waals surface area contributed by atoms with Crippen molar-refractivity contribution in [3.05, 3.63) is 113 Å². The number of rotatable bonds is 5. The van der Waals surface area contributed by atoms with Gasteiger partial charge in [0.05, 0.1) is 10.6 Å². The quantitative estimate of drug-likeness (QED) is 0.232. The maximum absolute atomic E-state index is 14.0. The monoisotopic (exact) mass is 471 g/mol. The number of nitrogens with zero attached hydrogens (tertiary/aromatic N) is 1. The van der Waals surface area contributed by atoms with E-state index in [2.05, 4.69) is 0 Å². The zero-order valence-corrected chi connectivity index (χ0v) is 19.0. The lowest BCUT2D eigenvalue weighted by Gasteiger charge is -2.17. The van der Waals surface area contributed by atoms with Gasteiger partial charge in [-0.05, 0) is 29.7 Å². The Hall–Kier alpha value is -3.48. The van der Waals surface area contributed by atoms with E-state index in [1.807, 2.05) is 60.7 Å². The molecule has 162 valence electrons. The fraction of sp³-hybridized carbons (Fsp3) is 0.0370. The van der Waals surface area contributed by atoms with E-state index >= 15 is 0 Å². The molecule has 6 heteroatoms. The zero-order chi connectivity index (χ0) is 22.8. The molecule has 3 nitrogen and oxygen atoms in total. The molecule has 4 aromatic carbocycles. The lowest BCUT2D eigenvalue weighted by Crippen LogP contribution is -2.27. The van der Waals surface area contributed by atoms with Gasteiger partial charge in [0.15, 0.2) is 4.32 Å². The van der Waals surface area contributed by atoms with Gasteiger partial charge in [0.25, 0.3) is 5.91 Å². The van der Waals surface area contributed by atoms with E-state index in [-0.39, 0.29) is 18.3 Å². The molecule has 1 aliphatic heterocycles. The highest BCUT2D eigenvalue weighted by atomic mass is 32.2. The minimum atomic E-state index is -0.314. The van der Waals surface area contributed by atoms with Crippen LogP contribution in [-0.2, 0) is 11.4 Å². The zero-order valence-electron chi connectivity index (χ0n) is 17.4. The van der Waals surface area contributed by atoms with Crippen LogP contribution in [0.5, 0.6) is 5.75 Å². The minimum absolute atomic E-state index is 0.0918. The molecule has 0 bridgehead atoms. The third-order valence-electron chi connectivity index (χ3n) is 5.35. The van der Waals surface area contributed by atoms with E-state index < -0.39 is 0 Å². The molecule has 0 spiro atoms. The Labute approximate surface area is 200 Å². The molecule has 1 amide bonds. The number of fused-ring (bicyclic) bond motifs is 1. The molecular formula is C27H18FNO2S2.